The molecule has 1 saturated heterocycles. The number of amides is 4. The lowest BCUT2D eigenvalue weighted by Gasteiger charge is -2.29. The van der Waals surface area contributed by atoms with Gasteiger partial charge in [-0.3, -0.25) is 19.2 Å². The summed E-state index contributed by atoms with van der Waals surface area (Å²) < 4.78 is 12.3. The molecule has 4 amide bonds. The number of benzene rings is 1. The first-order valence-corrected chi connectivity index (χ1v) is 15.4. The van der Waals surface area contributed by atoms with Gasteiger partial charge in [-0.1, -0.05) is 49.3 Å². The molecule has 2 aliphatic rings. The lowest BCUT2D eigenvalue weighted by Crippen LogP contribution is -2.48. The fourth-order valence-electron chi connectivity index (χ4n) is 5.49. The average Bonchev–Trinajstić information content (AvgIpc) is 3.68. The first-order chi connectivity index (χ1) is 21.7. The first kappa shape index (κ1) is 31.8. The fraction of sp³-hybridized carbons (Fsp3) is 0.516. The van der Waals surface area contributed by atoms with Gasteiger partial charge in [0.05, 0.1) is 12.6 Å². The molecule has 1 fully saturated rings. The van der Waals surface area contributed by atoms with E-state index >= 15 is 0 Å². The van der Waals surface area contributed by atoms with Gasteiger partial charge in [0.15, 0.2) is 17.3 Å². The Kier molecular flexibility index (Phi) is 10.2. The Morgan fingerprint density at radius 2 is 1.82 bits per heavy atom. The number of carbonyl (C=O) groups excluding carboxylic acids is 4. The van der Waals surface area contributed by atoms with Crippen LogP contribution < -0.4 is 16.0 Å². The lowest BCUT2D eigenvalue weighted by molar-refractivity contribution is -0.139. The number of fused-ring (bicyclic) bond motifs is 3. The molecular weight excluding hydrogens is 580 g/mol. The van der Waals surface area contributed by atoms with Crippen LogP contribution >= 0.6 is 0 Å². The normalized spacial score (nSPS) is 20.9. The number of aromatic nitrogens is 4. The molecule has 4 heterocycles. The molecule has 3 aromatic rings. The standard InChI is InChI=1S/C31H40N8O6/c1-19(2)15-24-29(41)33-20(3)28-35-27(21-7-5-4-6-8-21)36-39(28)18-26(40)32-11-12-38(31(43)22-9-13-44-14-10-22)17-23-16-25(37-45-23)30(42)34-24/h4-8,16,19-20,22,24H,9-15,17-18H2,1-3H3,(H,32,40)(H,33,41)(H,34,42)/t20-,24+/m0/s1. The number of nitrogens with zero attached hydrogens (tertiary/aromatic N) is 5. The number of hydrogen-bond acceptors (Lipinski definition) is 9. The third-order valence-electron chi connectivity index (χ3n) is 7.83. The molecule has 240 valence electrons. The van der Waals surface area contributed by atoms with Crippen molar-refractivity contribution in [2.24, 2.45) is 11.8 Å². The third kappa shape index (κ3) is 8.12. The summed E-state index contributed by atoms with van der Waals surface area (Å²) >= 11 is 0. The number of hydrogen-bond donors (Lipinski definition) is 3. The van der Waals surface area contributed by atoms with E-state index in [1.807, 2.05) is 44.2 Å². The maximum absolute atomic E-state index is 13.5. The SMILES string of the molecule is CC(C)C[C@H]1NC(=O)c2cc(on2)CN(C(=O)C2CCOCC2)CCNC(=O)Cn2nc(-c3ccccc3)nc2[C@H](C)NC1=O. The zero-order chi connectivity index (χ0) is 31.9. The van der Waals surface area contributed by atoms with E-state index < -0.39 is 23.9 Å². The van der Waals surface area contributed by atoms with Crippen LogP contribution in [0.3, 0.4) is 0 Å². The molecule has 1 aromatic carbocycles. The summed E-state index contributed by atoms with van der Waals surface area (Å²) in [5.41, 5.74) is 0.758. The fourth-order valence-corrected chi connectivity index (χ4v) is 5.49. The zero-order valence-electron chi connectivity index (χ0n) is 25.8. The van der Waals surface area contributed by atoms with Crippen LogP contribution in [0.4, 0.5) is 0 Å². The molecule has 3 N–H and O–H groups in total. The molecule has 2 aromatic heterocycles. The molecule has 45 heavy (non-hydrogen) atoms. The molecular formula is C31H40N8O6. The Labute approximate surface area is 261 Å². The van der Waals surface area contributed by atoms with E-state index in [9.17, 15) is 19.2 Å². The van der Waals surface area contributed by atoms with E-state index in [4.69, 9.17) is 9.26 Å². The van der Waals surface area contributed by atoms with Gasteiger partial charge in [-0.2, -0.15) is 5.10 Å². The maximum atomic E-state index is 13.5. The van der Waals surface area contributed by atoms with E-state index in [-0.39, 0.29) is 55.5 Å². The van der Waals surface area contributed by atoms with Crippen LogP contribution in [0.5, 0.6) is 0 Å². The highest BCUT2D eigenvalue weighted by atomic mass is 16.5. The Balaban J connectivity index is 1.45. The smallest absolute Gasteiger partial charge is 0.274 e. The molecule has 2 bridgehead atoms. The Bertz CT molecular complexity index is 1500. The summed E-state index contributed by atoms with van der Waals surface area (Å²) in [6, 6.07) is 9.29. The van der Waals surface area contributed by atoms with Gasteiger partial charge in [0, 0.05) is 43.9 Å². The van der Waals surface area contributed by atoms with Crippen molar-refractivity contribution in [2.45, 2.75) is 65.2 Å². The average molecular weight is 621 g/mol. The van der Waals surface area contributed by atoms with E-state index in [0.29, 0.717) is 49.9 Å². The predicted octanol–water partition coefficient (Wildman–Crippen LogP) is 1.84. The van der Waals surface area contributed by atoms with Crippen LogP contribution in [0.15, 0.2) is 40.9 Å². The second kappa shape index (κ2) is 14.5. The summed E-state index contributed by atoms with van der Waals surface area (Å²) in [6.07, 6.45) is 1.57. The van der Waals surface area contributed by atoms with E-state index in [1.54, 1.807) is 11.8 Å². The predicted molar refractivity (Wildman–Crippen MR) is 161 cm³/mol. The molecule has 0 spiro atoms. The van der Waals surface area contributed by atoms with Crippen LogP contribution in [0.1, 0.15) is 68.1 Å². The second-order valence-corrected chi connectivity index (χ2v) is 11.9. The highest BCUT2D eigenvalue weighted by Crippen LogP contribution is 2.21. The summed E-state index contributed by atoms with van der Waals surface area (Å²) in [6.45, 7) is 6.96. The molecule has 2 atom stereocenters. The Morgan fingerprint density at radius 1 is 1.07 bits per heavy atom. The molecule has 0 unspecified atom stereocenters. The monoisotopic (exact) mass is 620 g/mol. The minimum atomic E-state index is -0.876. The molecule has 0 radical (unpaired) electrons. The summed E-state index contributed by atoms with van der Waals surface area (Å²) in [7, 11) is 0. The van der Waals surface area contributed by atoms with Crippen molar-refractivity contribution in [2.75, 3.05) is 26.3 Å². The van der Waals surface area contributed by atoms with Crippen molar-refractivity contribution in [3.63, 3.8) is 0 Å². The van der Waals surface area contributed by atoms with Gasteiger partial charge in [-0.15, -0.1) is 0 Å². The highest BCUT2D eigenvalue weighted by molar-refractivity contribution is 5.96. The zero-order valence-corrected chi connectivity index (χ0v) is 25.8. The topological polar surface area (TPSA) is 174 Å². The van der Waals surface area contributed by atoms with E-state index in [2.05, 4.69) is 31.2 Å². The molecule has 0 aliphatic carbocycles. The van der Waals surface area contributed by atoms with Gasteiger partial charge >= 0.3 is 0 Å². The highest BCUT2D eigenvalue weighted by Gasteiger charge is 2.30. The maximum Gasteiger partial charge on any atom is 0.274 e. The van der Waals surface area contributed by atoms with Crippen LogP contribution in [0, 0.1) is 11.8 Å². The van der Waals surface area contributed by atoms with Crippen molar-refractivity contribution in [3.8, 4) is 11.4 Å². The van der Waals surface area contributed by atoms with Crippen molar-refractivity contribution in [1.82, 2.24) is 40.8 Å². The Morgan fingerprint density at radius 3 is 2.56 bits per heavy atom. The van der Waals surface area contributed by atoms with Crippen molar-refractivity contribution in [3.05, 3.63) is 53.7 Å². The van der Waals surface area contributed by atoms with E-state index in [1.165, 1.54) is 10.7 Å². The molecule has 14 heteroatoms. The summed E-state index contributed by atoms with van der Waals surface area (Å²) in [5.74, 6) is -0.423. The minimum Gasteiger partial charge on any atom is -0.381 e. The molecule has 2 aliphatic heterocycles. The van der Waals surface area contributed by atoms with Crippen LogP contribution in [0.2, 0.25) is 0 Å². The van der Waals surface area contributed by atoms with E-state index in [0.717, 1.165) is 5.56 Å². The third-order valence-corrected chi connectivity index (χ3v) is 7.83. The van der Waals surface area contributed by atoms with Crippen molar-refractivity contribution >= 4 is 23.6 Å². The minimum absolute atomic E-state index is 0.000245. The molecule has 5 rings (SSSR count). The second-order valence-electron chi connectivity index (χ2n) is 11.9. The largest absolute Gasteiger partial charge is 0.381 e. The van der Waals surface area contributed by atoms with Crippen LogP contribution in [-0.2, 0) is 32.2 Å². The quantitative estimate of drug-likeness (QED) is 0.393. The van der Waals surface area contributed by atoms with Gasteiger partial charge in [-0.05, 0) is 32.1 Å². The van der Waals surface area contributed by atoms with Gasteiger partial charge in [-0.25, -0.2) is 9.67 Å². The Hall–Kier alpha value is -4.59. The van der Waals surface area contributed by atoms with Crippen molar-refractivity contribution < 1.29 is 28.4 Å². The van der Waals surface area contributed by atoms with Crippen LogP contribution in [0.25, 0.3) is 11.4 Å². The number of ether oxygens (including phenoxy) is 1. The van der Waals surface area contributed by atoms with Gasteiger partial charge in [0.25, 0.3) is 5.91 Å². The molecule has 0 saturated carbocycles. The number of nitrogens with one attached hydrogen (secondary N) is 3. The van der Waals surface area contributed by atoms with Gasteiger partial charge in [0.1, 0.15) is 18.4 Å². The molecule has 14 nitrogen and oxygen atoms in total. The summed E-state index contributed by atoms with van der Waals surface area (Å²) in [4.78, 5) is 59.7. The lowest BCUT2D eigenvalue weighted by atomic mass is 9.98. The first-order valence-electron chi connectivity index (χ1n) is 15.4. The number of carbonyl (C=O) groups is 4. The van der Waals surface area contributed by atoms with Crippen molar-refractivity contribution in [1.29, 1.82) is 0 Å². The van der Waals surface area contributed by atoms with Gasteiger partial charge in [0.2, 0.25) is 17.7 Å². The number of rotatable bonds is 4. The summed E-state index contributed by atoms with van der Waals surface area (Å²) in [5, 5.41) is 17.1. The van der Waals surface area contributed by atoms with Crippen LogP contribution in [-0.4, -0.2) is 80.8 Å². The van der Waals surface area contributed by atoms with Gasteiger partial charge < -0.3 is 30.1 Å².